The predicted octanol–water partition coefficient (Wildman–Crippen LogP) is 3.06. The van der Waals surface area contributed by atoms with Crippen molar-refractivity contribution in [3.05, 3.63) is 47.0 Å². The van der Waals surface area contributed by atoms with Gasteiger partial charge in [-0.25, -0.2) is 12.8 Å². The topological polar surface area (TPSA) is 102 Å². The summed E-state index contributed by atoms with van der Waals surface area (Å²) < 4.78 is 77.7. The molecule has 0 fully saturated rings. The lowest BCUT2D eigenvalue weighted by Gasteiger charge is -2.15. The number of unbranched alkanes of at least 4 members (excludes halogenated alkanes) is 1. The van der Waals surface area contributed by atoms with E-state index in [0.29, 0.717) is 6.42 Å². The molecule has 8 nitrogen and oxygen atoms in total. The van der Waals surface area contributed by atoms with Gasteiger partial charge in [-0.05, 0) is 37.1 Å². The Morgan fingerprint density at radius 1 is 1.28 bits per heavy atom. The second-order valence-corrected chi connectivity index (χ2v) is 8.88. The SMILES string of the molecule is CCCCOn1nc(C(F)(F)F)cc1CNC(=O)C(C)c1ccc(NS(C)(=O)=O)c(F)c1. The lowest BCUT2D eigenvalue weighted by atomic mass is 10.00. The van der Waals surface area contributed by atoms with Crippen LogP contribution in [0.2, 0.25) is 0 Å². The lowest BCUT2D eigenvalue weighted by molar-refractivity contribution is -0.142. The second-order valence-electron chi connectivity index (χ2n) is 7.13. The first-order valence-corrected chi connectivity index (χ1v) is 11.5. The van der Waals surface area contributed by atoms with Crippen molar-refractivity contribution >= 4 is 21.6 Å². The lowest BCUT2D eigenvalue weighted by Crippen LogP contribution is -2.29. The van der Waals surface area contributed by atoms with Gasteiger partial charge in [-0.2, -0.15) is 13.2 Å². The number of aromatic nitrogens is 2. The van der Waals surface area contributed by atoms with Gasteiger partial charge in [0.2, 0.25) is 15.9 Å². The second kappa shape index (κ2) is 10.2. The summed E-state index contributed by atoms with van der Waals surface area (Å²) in [6, 6.07) is 4.35. The molecule has 0 aliphatic heterocycles. The van der Waals surface area contributed by atoms with Gasteiger partial charge in [0.05, 0.1) is 30.1 Å². The standard InChI is InChI=1S/C19H24F4N4O4S/c1-4-5-8-31-27-14(10-17(25-27)19(21,22)23)11-24-18(28)12(2)13-6-7-16(15(20)9-13)26-32(3,29)30/h6-7,9-10,12,26H,4-5,8,11H2,1-3H3,(H,24,28). The van der Waals surface area contributed by atoms with Crippen molar-refractivity contribution in [2.75, 3.05) is 17.6 Å². The van der Waals surface area contributed by atoms with Crippen LogP contribution in [0.1, 0.15) is 49.6 Å². The first-order chi connectivity index (χ1) is 14.8. The van der Waals surface area contributed by atoms with Crippen molar-refractivity contribution in [3.8, 4) is 0 Å². The number of anilines is 1. The van der Waals surface area contributed by atoms with Gasteiger partial charge in [0.25, 0.3) is 0 Å². The third kappa shape index (κ3) is 7.11. The molecule has 32 heavy (non-hydrogen) atoms. The highest BCUT2D eigenvalue weighted by molar-refractivity contribution is 7.92. The molecule has 0 saturated heterocycles. The van der Waals surface area contributed by atoms with E-state index in [-0.39, 0.29) is 30.1 Å². The molecule has 1 unspecified atom stereocenters. The Morgan fingerprint density at radius 2 is 1.97 bits per heavy atom. The van der Waals surface area contributed by atoms with E-state index in [9.17, 15) is 30.8 Å². The summed E-state index contributed by atoms with van der Waals surface area (Å²) in [5.41, 5.74) is -1.17. The van der Waals surface area contributed by atoms with Crippen molar-refractivity contribution < 1.29 is 35.6 Å². The van der Waals surface area contributed by atoms with Gasteiger partial charge in [0.15, 0.2) is 5.69 Å². The Kier molecular flexibility index (Phi) is 8.10. The third-order valence-electron chi connectivity index (χ3n) is 4.38. The molecule has 2 aromatic rings. The quantitative estimate of drug-likeness (QED) is 0.402. The van der Waals surface area contributed by atoms with Gasteiger partial charge in [-0.1, -0.05) is 19.4 Å². The van der Waals surface area contributed by atoms with Gasteiger partial charge in [-0.15, -0.1) is 9.94 Å². The van der Waals surface area contributed by atoms with Crippen molar-refractivity contribution in [1.29, 1.82) is 0 Å². The van der Waals surface area contributed by atoms with Gasteiger partial charge in [0, 0.05) is 0 Å². The molecule has 13 heteroatoms. The molecular formula is C19H24F4N4O4S. The van der Waals surface area contributed by atoms with Crippen LogP contribution in [0.4, 0.5) is 23.2 Å². The molecule has 0 spiro atoms. The van der Waals surface area contributed by atoms with Crippen LogP contribution in [0.3, 0.4) is 0 Å². The minimum atomic E-state index is -4.68. The Labute approximate surface area is 182 Å². The molecule has 1 heterocycles. The molecule has 1 atom stereocenters. The summed E-state index contributed by atoms with van der Waals surface area (Å²) in [5, 5.41) is 5.88. The number of sulfonamides is 1. The summed E-state index contributed by atoms with van der Waals surface area (Å²) >= 11 is 0. The highest BCUT2D eigenvalue weighted by Gasteiger charge is 2.35. The molecule has 1 aromatic heterocycles. The molecule has 1 aromatic carbocycles. The minimum absolute atomic E-state index is 0.00661. The third-order valence-corrected chi connectivity index (χ3v) is 4.97. The van der Waals surface area contributed by atoms with E-state index in [1.54, 1.807) is 0 Å². The summed E-state index contributed by atoms with van der Waals surface area (Å²) in [7, 11) is -3.68. The molecule has 0 bridgehead atoms. The summed E-state index contributed by atoms with van der Waals surface area (Å²) in [5.74, 6) is -2.32. The van der Waals surface area contributed by atoms with Crippen LogP contribution in [0.5, 0.6) is 0 Å². The highest BCUT2D eigenvalue weighted by Crippen LogP contribution is 2.28. The fourth-order valence-electron chi connectivity index (χ4n) is 2.63. The number of alkyl halides is 3. The number of carbonyl (C=O) groups excluding carboxylic acids is 1. The smallest absolute Gasteiger partial charge is 0.396 e. The van der Waals surface area contributed by atoms with E-state index in [4.69, 9.17) is 4.84 Å². The number of halogens is 4. The van der Waals surface area contributed by atoms with Crippen LogP contribution >= 0.6 is 0 Å². The molecule has 178 valence electrons. The molecule has 1 amide bonds. The number of rotatable bonds is 10. The molecule has 0 aliphatic rings. The number of hydrogen-bond donors (Lipinski definition) is 2. The molecule has 0 radical (unpaired) electrons. The number of amides is 1. The zero-order valence-electron chi connectivity index (χ0n) is 17.7. The van der Waals surface area contributed by atoms with Crippen LogP contribution in [-0.4, -0.2) is 37.1 Å². The molecule has 2 rings (SSSR count). The van der Waals surface area contributed by atoms with E-state index < -0.39 is 39.5 Å². The Hall–Kier alpha value is -2.83. The molecule has 0 aliphatic carbocycles. The number of nitrogens with zero attached hydrogens (tertiary/aromatic N) is 2. The first kappa shape index (κ1) is 25.4. The van der Waals surface area contributed by atoms with Crippen LogP contribution in [0.15, 0.2) is 24.3 Å². The monoisotopic (exact) mass is 480 g/mol. The van der Waals surface area contributed by atoms with E-state index >= 15 is 0 Å². The fourth-order valence-corrected chi connectivity index (χ4v) is 3.20. The normalized spacial score (nSPS) is 13.0. The van der Waals surface area contributed by atoms with Gasteiger partial charge in [0.1, 0.15) is 12.4 Å². The Balaban J connectivity index is 2.11. The van der Waals surface area contributed by atoms with Crippen molar-refractivity contribution in [3.63, 3.8) is 0 Å². The summed E-state index contributed by atoms with van der Waals surface area (Å²) in [6.07, 6.45) is -2.42. The van der Waals surface area contributed by atoms with Gasteiger partial charge >= 0.3 is 6.18 Å². The average Bonchev–Trinajstić information content (AvgIpc) is 3.10. The van der Waals surface area contributed by atoms with Crippen LogP contribution in [0.25, 0.3) is 0 Å². The van der Waals surface area contributed by atoms with Crippen LogP contribution in [-0.2, 0) is 27.5 Å². The fraction of sp³-hybridized carbons (Fsp3) is 0.474. The highest BCUT2D eigenvalue weighted by atomic mass is 32.2. The summed E-state index contributed by atoms with van der Waals surface area (Å²) in [4.78, 5) is 18.5. The van der Waals surface area contributed by atoms with E-state index in [0.717, 1.165) is 29.7 Å². The average molecular weight is 480 g/mol. The predicted molar refractivity (Wildman–Crippen MR) is 109 cm³/mol. The maximum atomic E-state index is 14.2. The minimum Gasteiger partial charge on any atom is -0.396 e. The molecule has 2 N–H and O–H groups in total. The van der Waals surface area contributed by atoms with Crippen molar-refractivity contribution in [2.24, 2.45) is 0 Å². The van der Waals surface area contributed by atoms with E-state index in [2.05, 4.69) is 10.4 Å². The van der Waals surface area contributed by atoms with Gasteiger partial charge in [-0.3, -0.25) is 9.52 Å². The van der Waals surface area contributed by atoms with Gasteiger partial charge < -0.3 is 10.2 Å². The first-order valence-electron chi connectivity index (χ1n) is 9.66. The number of nitrogens with one attached hydrogen (secondary N) is 2. The van der Waals surface area contributed by atoms with Crippen LogP contribution < -0.4 is 14.9 Å². The van der Waals surface area contributed by atoms with Crippen LogP contribution in [0, 0.1) is 5.82 Å². The van der Waals surface area contributed by atoms with Crippen molar-refractivity contribution in [1.82, 2.24) is 15.3 Å². The van der Waals surface area contributed by atoms with Crippen molar-refractivity contribution in [2.45, 2.75) is 45.3 Å². The molecular weight excluding hydrogens is 456 g/mol. The maximum absolute atomic E-state index is 14.2. The number of carbonyl (C=O) groups is 1. The largest absolute Gasteiger partial charge is 0.435 e. The summed E-state index contributed by atoms with van der Waals surface area (Å²) in [6.45, 7) is 3.22. The Bertz CT molecular complexity index is 1050. The zero-order chi connectivity index (χ0) is 24.1. The Morgan fingerprint density at radius 3 is 2.53 bits per heavy atom. The zero-order valence-corrected chi connectivity index (χ0v) is 18.5. The number of hydrogen-bond acceptors (Lipinski definition) is 5. The molecule has 0 saturated carbocycles. The maximum Gasteiger partial charge on any atom is 0.435 e. The van der Waals surface area contributed by atoms with E-state index in [1.165, 1.54) is 19.1 Å². The number of benzene rings is 1. The van der Waals surface area contributed by atoms with E-state index in [1.807, 2.05) is 11.6 Å².